The first-order chi connectivity index (χ1) is 15.5. The molecule has 0 aliphatic carbocycles. The van der Waals surface area contributed by atoms with E-state index in [1.165, 1.54) is 12.3 Å². The van der Waals surface area contributed by atoms with Crippen LogP contribution in [0, 0.1) is 12.7 Å². The number of carbonyl (C=O) groups is 1. The molecule has 0 bridgehead atoms. The van der Waals surface area contributed by atoms with Crippen molar-refractivity contribution in [3.05, 3.63) is 59.0 Å². The van der Waals surface area contributed by atoms with Gasteiger partial charge in [-0.15, -0.1) is 0 Å². The van der Waals surface area contributed by atoms with Gasteiger partial charge in [-0.25, -0.2) is 9.18 Å². The average molecular weight is 438 g/mol. The van der Waals surface area contributed by atoms with Crippen molar-refractivity contribution in [2.75, 3.05) is 32.1 Å². The van der Waals surface area contributed by atoms with Gasteiger partial charge >= 0.3 is 5.97 Å². The number of hydrogen-bond acceptors (Lipinski definition) is 6. The Morgan fingerprint density at radius 3 is 2.72 bits per heavy atom. The summed E-state index contributed by atoms with van der Waals surface area (Å²) < 4.78 is 25.6. The zero-order chi connectivity index (χ0) is 22.7. The minimum Gasteiger partial charge on any atom is -0.496 e. The van der Waals surface area contributed by atoms with Gasteiger partial charge < -0.3 is 20.1 Å². The van der Waals surface area contributed by atoms with E-state index in [-0.39, 0.29) is 17.9 Å². The van der Waals surface area contributed by atoms with Crippen LogP contribution >= 0.6 is 0 Å². The number of ether oxygens (including phenoxy) is 2. The van der Waals surface area contributed by atoms with E-state index in [9.17, 15) is 9.18 Å². The number of carbonyl (C=O) groups excluding carboxylic acids is 1. The predicted octanol–water partition coefficient (Wildman–Crippen LogP) is 5.08. The second-order valence-electron chi connectivity index (χ2n) is 8.01. The van der Waals surface area contributed by atoms with Gasteiger partial charge in [-0.2, -0.15) is 0 Å². The van der Waals surface area contributed by atoms with Crippen LogP contribution in [0.15, 0.2) is 36.5 Å². The number of nitrogens with one attached hydrogen (secondary N) is 2. The maximum Gasteiger partial charge on any atom is 0.341 e. The molecule has 1 aliphatic rings. The molecule has 6 nitrogen and oxygen atoms in total. The quantitative estimate of drug-likeness (QED) is 0.524. The molecular weight excluding hydrogens is 409 g/mol. The summed E-state index contributed by atoms with van der Waals surface area (Å²) in [4.78, 5) is 17.2. The second kappa shape index (κ2) is 9.53. The number of pyridine rings is 1. The van der Waals surface area contributed by atoms with E-state index in [4.69, 9.17) is 9.47 Å². The third-order valence-corrected chi connectivity index (χ3v) is 5.88. The lowest BCUT2D eigenvalue weighted by molar-refractivity contribution is 0.0527. The number of aryl methyl sites for hydroxylation is 1. The van der Waals surface area contributed by atoms with Crippen LogP contribution in [0.5, 0.6) is 5.75 Å². The van der Waals surface area contributed by atoms with E-state index in [0.717, 1.165) is 48.2 Å². The van der Waals surface area contributed by atoms with E-state index < -0.39 is 11.8 Å². The van der Waals surface area contributed by atoms with Gasteiger partial charge in [-0.3, -0.25) is 4.98 Å². The Kier molecular flexibility index (Phi) is 6.55. The number of rotatable bonds is 6. The highest BCUT2D eigenvalue weighted by Crippen LogP contribution is 2.39. The molecule has 0 spiro atoms. The highest BCUT2D eigenvalue weighted by atomic mass is 19.1. The standard InChI is InChI=1S/C25H28FN3O3/c1-4-32-25(30)19-14-28-22-13-23(31-3)17(16-7-9-27-10-8-16)12-18(22)24(19)29-21-6-5-15(2)11-20(21)26/h5-6,11-14,16,27H,4,7-10H2,1-3H3,(H,28,29). The smallest absolute Gasteiger partial charge is 0.341 e. The Balaban J connectivity index is 1.91. The van der Waals surface area contributed by atoms with Gasteiger partial charge in [0, 0.05) is 17.6 Å². The summed E-state index contributed by atoms with van der Waals surface area (Å²) in [5.41, 5.74) is 3.57. The molecule has 7 heteroatoms. The van der Waals surface area contributed by atoms with E-state index in [1.54, 1.807) is 20.1 Å². The van der Waals surface area contributed by atoms with Crippen molar-refractivity contribution < 1.29 is 18.7 Å². The molecule has 2 aromatic carbocycles. The van der Waals surface area contributed by atoms with Crippen molar-refractivity contribution in [1.29, 1.82) is 0 Å². The molecule has 3 aromatic rings. The number of fused-ring (bicyclic) bond motifs is 1. The van der Waals surface area contributed by atoms with Crippen LogP contribution in [-0.4, -0.2) is 37.8 Å². The molecule has 0 radical (unpaired) electrons. The first-order valence-electron chi connectivity index (χ1n) is 10.9. The van der Waals surface area contributed by atoms with Crippen molar-refractivity contribution in [1.82, 2.24) is 10.3 Å². The van der Waals surface area contributed by atoms with Crippen LogP contribution in [0.1, 0.15) is 47.2 Å². The number of benzene rings is 2. The van der Waals surface area contributed by atoms with Crippen molar-refractivity contribution in [3.8, 4) is 5.75 Å². The van der Waals surface area contributed by atoms with E-state index in [0.29, 0.717) is 17.1 Å². The van der Waals surface area contributed by atoms with Crippen LogP contribution < -0.4 is 15.4 Å². The van der Waals surface area contributed by atoms with Gasteiger partial charge in [0.15, 0.2) is 0 Å². The molecule has 0 amide bonds. The second-order valence-corrected chi connectivity index (χ2v) is 8.01. The number of hydrogen-bond donors (Lipinski definition) is 2. The summed E-state index contributed by atoms with van der Waals surface area (Å²) in [6, 6.07) is 8.86. The summed E-state index contributed by atoms with van der Waals surface area (Å²) in [5, 5.41) is 7.26. The number of aromatic nitrogens is 1. The van der Waals surface area contributed by atoms with Gasteiger partial charge in [0.2, 0.25) is 0 Å². The summed E-state index contributed by atoms with van der Waals surface area (Å²) >= 11 is 0. The number of esters is 1. The average Bonchev–Trinajstić information content (AvgIpc) is 2.80. The Hall–Kier alpha value is -3.19. The number of methoxy groups -OCH3 is 1. The predicted molar refractivity (Wildman–Crippen MR) is 124 cm³/mol. The van der Waals surface area contributed by atoms with Crippen molar-refractivity contribution in [2.24, 2.45) is 0 Å². The Bertz CT molecular complexity index is 1140. The fraction of sp³-hybridized carbons (Fsp3) is 0.360. The van der Waals surface area contributed by atoms with Gasteiger partial charge in [0.05, 0.1) is 30.6 Å². The van der Waals surface area contributed by atoms with Gasteiger partial charge in [-0.05, 0) is 75.0 Å². The first kappa shape index (κ1) is 22.0. The normalized spacial score (nSPS) is 14.4. The molecule has 1 saturated heterocycles. The van der Waals surface area contributed by atoms with E-state index in [2.05, 4.69) is 15.6 Å². The van der Waals surface area contributed by atoms with Gasteiger partial charge in [0.1, 0.15) is 17.1 Å². The maximum atomic E-state index is 14.7. The molecule has 0 saturated carbocycles. The highest BCUT2D eigenvalue weighted by molar-refractivity contribution is 6.06. The molecule has 0 atom stereocenters. The molecule has 2 heterocycles. The third-order valence-electron chi connectivity index (χ3n) is 5.88. The van der Waals surface area contributed by atoms with Crippen LogP contribution in [0.2, 0.25) is 0 Å². The van der Waals surface area contributed by atoms with Crippen molar-refractivity contribution >= 4 is 28.2 Å². The zero-order valence-corrected chi connectivity index (χ0v) is 18.6. The fourth-order valence-electron chi connectivity index (χ4n) is 4.22. The largest absolute Gasteiger partial charge is 0.496 e. The SMILES string of the molecule is CCOC(=O)c1cnc2cc(OC)c(C3CCNCC3)cc2c1Nc1ccc(C)cc1F. The molecule has 1 aromatic heterocycles. The molecule has 1 fully saturated rings. The van der Waals surface area contributed by atoms with Crippen molar-refractivity contribution in [2.45, 2.75) is 32.6 Å². The number of piperidine rings is 1. The minimum atomic E-state index is -0.504. The van der Waals surface area contributed by atoms with E-state index in [1.807, 2.05) is 25.1 Å². The molecule has 168 valence electrons. The number of anilines is 2. The number of nitrogens with zero attached hydrogens (tertiary/aromatic N) is 1. The zero-order valence-electron chi connectivity index (χ0n) is 18.6. The van der Waals surface area contributed by atoms with Crippen LogP contribution in [0.25, 0.3) is 10.9 Å². The molecule has 4 rings (SSSR count). The lowest BCUT2D eigenvalue weighted by Gasteiger charge is -2.25. The molecule has 1 aliphatic heterocycles. The van der Waals surface area contributed by atoms with Gasteiger partial charge in [0.25, 0.3) is 0 Å². The summed E-state index contributed by atoms with van der Waals surface area (Å²) in [6.07, 6.45) is 3.45. The summed E-state index contributed by atoms with van der Waals surface area (Å²) in [5.74, 6) is 0.201. The Labute approximate surface area is 187 Å². The van der Waals surface area contributed by atoms with Gasteiger partial charge in [-0.1, -0.05) is 6.07 Å². The molecule has 0 unspecified atom stereocenters. The summed E-state index contributed by atoms with van der Waals surface area (Å²) in [7, 11) is 1.65. The van der Waals surface area contributed by atoms with Crippen LogP contribution in [0.4, 0.5) is 15.8 Å². The van der Waals surface area contributed by atoms with Crippen LogP contribution in [-0.2, 0) is 4.74 Å². The lowest BCUT2D eigenvalue weighted by atomic mass is 9.88. The minimum absolute atomic E-state index is 0.234. The van der Waals surface area contributed by atoms with E-state index >= 15 is 0 Å². The lowest BCUT2D eigenvalue weighted by Crippen LogP contribution is -2.26. The molecular formula is C25H28FN3O3. The monoisotopic (exact) mass is 437 g/mol. The van der Waals surface area contributed by atoms with Crippen molar-refractivity contribution in [3.63, 3.8) is 0 Å². The number of halogens is 1. The first-order valence-corrected chi connectivity index (χ1v) is 10.9. The topological polar surface area (TPSA) is 72.5 Å². The summed E-state index contributed by atoms with van der Waals surface area (Å²) in [6.45, 7) is 5.69. The third kappa shape index (κ3) is 4.39. The fourth-order valence-corrected chi connectivity index (χ4v) is 4.22. The highest BCUT2D eigenvalue weighted by Gasteiger charge is 2.23. The Morgan fingerprint density at radius 1 is 1.25 bits per heavy atom. The van der Waals surface area contributed by atoms with Crippen LogP contribution in [0.3, 0.4) is 0 Å². The Morgan fingerprint density at radius 2 is 2.03 bits per heavy atom. The maximum absolute atomic E-state index is 14.7. The molecule has 2 N–H and O–H groups in total. The molecule has 32 heavy (non-hydrogen) atoms.